The summed E-state index contributed by atoms with van der Waals surface area (Å²) < 4.78 is 0. The number of carbonyl (C=O) groups is 1. The van der Waals surface area contributed by atoms with Crippen LogP contribution in [-0.2, 0) is 24.1 Å². The molecule has 0 aliphatic rings. The number of aromatic nitrogens is 1. The average molecular weight is 461 g/mol. The van der Waals surface area contributed by atoms with Gasteiger partial charge < -0.3 is 41.9 Å². The van der Waals surface area contributed by atoms with Gasteiger partial charge in [0.25, 0.3) is 0 Å². The SMILES string of the molecule is Nc1nc(CC(=O)Nc2ccc(CCNCCc3c(O)c(O)c(O)c(O)c3O)cc2)cs1. The van der Waals surface area contributed by atoms with Gasteiger partial charge in [0.15, 0.2) is 16.6 Å². The van der Waals surface area contributed by atoms with E-state index in [1.807, 2.05) is 12.1 Å². The molecule has 1 aromatic heterocycles. The van der Waals surface area contributed by atoms with Crippen molar-refractivity contribution in [2.75, 3.05) is 24.1 Å². The molecule has 3 rings (SSSR count). The lowest BCUT2D eigenvalue weighted by atomic mass is 10.1. The molecule has 0 saturated carbocycles. The number of nitrogens with one attached hydrogen (secondary N) is 2. The fourth-order valence-corrected chi connectivity index (χ4v) is 3.63. The molecule has 0 saturated heterocycles. The van der Waals surface area contributed by atoms with Crippen molar-refractivity contribution in [3.05, 3.63) is 46.5 Å². The summed E-state index contributed by atoms with van der Waals surface area (Å²) in [5.41, 5.74) is 7.84. The van der Waals surface area contributed by atoms with Gasteiger partial charge in [0.05, 0.1) is 12.1 Å². The molecule has 0 radical (unpaired) electrons. The zero-order valence-corrected chi connectivity index (χ0v) is 17.8. The van der Waals surface area contributed by atoms with Crippen molar-refractivity contribution in [1.82, 2.24) is 10.3 Å². The Morgan fingerprint density at radius 3 is 2.09 bits per heavy atom. The smallest absolute Gasteiger partial charge is 0.230 e. The van der Waals surface area contributed by atoms with Crippen molar-refractivity contribution >= 4 is 28.1 Å². The minimum Gasteiger partial charge on any atom is -0.504 e. The van der Waals surface area contributed by atoms with Gasteiger partial charge in [0.1, 0.15) is 0 Å². The Bertz CT molecular complexity index is 1070. The lowest BCUT2D eigenvalue weighted by Gasteiger charge is -2.12. The third-order valence-electron chi connectivity index (χ3n) is 4.76. The van der Waals surface area contributed by atoms with Gasteiger partial charge in [0, 0.05) is 16.6 Å². The first kappa shape index (κ1) is 23.0. The molecule has 10 nitrogen and oxygen atoms in total. The summed E-state index contributed by atoms with van der Waals surface area (Å²) in [5.74, 6) is -4.24. The molecule has 0 aliphatic carbocycles. The Hall–Kier alpha value is -3.70. The van der Waals surface area contributed by atoms with Crippen LogP contribution in [0.1, 0.15) is 16.8 Å². The van der Waals surface area contributed by atoms with Crippen LogP contribution in [0.25, 0.3) is 0 Å². The Labute approximate surface area is 187 Å². The maximum absolute atomic E-state index is 12.1. The first-order chi connectivity index (χ1) is 15.3. The van der Waals surface area contributed by atoms with Crippen molar-refractivity contribution in [2.24, 2.45) is 0 Å². The van der Waals surface area contributed by atoms with Gasteiger partial charge in [-0.15, -0.1) is 11.3 Å². The summed E-state index contributed by atoms with van der Waals surface area (Å²) in [6.45, 7) is 0.939. The van der Waals surface area contributed by atoms with E-state index in [4.69, 9.17) is 5.73 Å². The number of phenolic OH excluding ortho intramolecular Hbond substituents is 5. The topological polar surface area (TPSA) is 181 Å². The number of hydrogen-bond acceptors (Lipinski definition) is 10. The van der Waals surface area contributed by atoms with Gasteiger partial charge >= 0.3 is 0 Å². The molecular weight excluding hydrogens is 436 g/mol. The van der Waals surface area contributed by atoms with Gasteiger partial charge in [-0.1, -0.05) is 12.1 Å². The van der Waals surface area contributed by atoms with Crippen LogP contribution in [0.15, 0.2) is 29.6 Å². The number of carbonyl (C=O) groups excluding carboxylic acids is 1. The molecule has 9 N–H and O–H groups in total. The predicted molar refractivity (Wildman–Crippen MR) is 120 cm³/mol. The van der Waals surface area contributed by atoms with Crippen LogP contribution in [0, 0.1) is 0 Å². The minimum atomic E-state index is -0.968. The van der Waals surface area contributed by atoms with E-state index in [0.717, 1.165) is 5.56 Å². The number of nitrogen functional groups attached to an aromatic ring is 1. The number of phenols is 5. The molecule has 0 bridgehead atoms. The molecule has 0 unspecified atom stereocenters. The quantitative estimate of drug-likeness (QED) is 0.134. The summed E-state index contributed by atoms with van der Waals surface area (Å²) in [7, 11) is 0. The Kier molecular flexibility index (Phi) is 7.23. The zero-order valence-electron chi connectivity index (χ0n) is 17.0. The monoisotopic (exact) mass is 460 g/mol. The first-order valence-electron chi connectivity index (χ1n) is 9.73. The number of amides is 1. The van der Waals surface area contributed by atoms with E-state index < -0.39 is 28.7 Å². The van der Waals surface area contributed by atoms with Crippen molar-refractivity contribution in [3.63, 3.8) is 0 Å². The Morgan fingerprint density at radius 1 is 0.906 bits per heavy atom. The number of anilines is 2. The first-order valence-corrected chi connectivity index (χ1v) is 10.6. The van der Waals surface area contributed by atoms with Gasteiger partial charge in [-0.05, 0) is 43.6 Å². The highest BCUT2D eigenvalue weighted by Crippen LogP contribution is 2.50. The van der Waals surface area contributed by atoms with Crippen molar-refractivity contribution in [3.8, 4) is 28.7 Å². The van der Waals surface area contributed by atoms with E-state index in [9.17, 15) is 30.3 Å². The fourth-order valence-electron chi connectivity index (χ4n) is 3.07. The van der Waals surface area contributed by atoms with Gasteiger partial charge in [0.2, 0.25) is 23.2 Å². The van der Waals surface area contributed by atoms with E-state index in [1.54, 1.807) is 17.5 Å². The lowest BCUT2D eigenvalue weighted by molar-refractivity contribution is -0.115. The number of aromatic hydroxyl groups is 5. The van der Waals surface area contributed by atoms with Gasteiger partial charge in [-0.3, -0.25) is 4.79 Å². The predicted octanol–water partition coefficient (Wildman–Crippen LogP) is 1.81. The number of nitrogens with zero attached hydrogens (tertiary/aromatic N) is 1. The minimum absolute atomic E-state index is 0.0641. The number of hydrogen-bond donors (Lipinski definition) is 8. The molecule has 3 aromatic rings. The van der Waals surface area contributed by atoms with Gasteiger partial charge in [-0.25, -0.2) is 4.98 Å². The highest BCUT2D eigenvalue weighted by atomic mass is 32.1. The molecule has 2 aromatic carbocycles. The second-order valence-corrected chi connectivity index (χ2v) is 7.96. The molecule has 0 fully saturated rings. The molecular formula is C21H24N4O6S. The fraction of sp³-hybridized carbons (Fsp3) is 0.238. The van der Waals surface area contributed by atoms with Gasteiger partial charge in [-0.2, -0.15) is 0 Å². The number of thiazole rings is 1. The summed E-state index contributed by atoms with van der Waals surface area (Å²) in [4.78, 5) is 16.1. The van der Waals surface area contributed by atoms with Crippen molar-refractivity contribution in [2.45, 2.75) is 19.3 Å². The third-order valence-corrected chi connectivity index (χ3v) is 5.48. The van der Waals surface area contributed by atoms with Crippen molar-refractivity contribution in [1.29, 1.82) is 0 Å². The molecule has 170 valence electrons. The van der Waals surface area contributed by atoms with E-state index in [-0.39, 0.29) is 24.3 Å². The largest absolute Gasteiger partial charge is 0.504 e. The van der Waals surface area contributed by atoms with E-state index >= 15 is 0 Å². The molecule has 32 heavy (non-hydrogen) atoms. The molecule has 0 spiro atoms. The van der Waals surface area contributed by atoms with Crippen LogP contribution >= 0.6 is 11.3 Å². The standard InChI is InChI=1S/C21H24N4O6S/c22-21-25-13(10-32-21)9-15(26)24-12-3-1-11(2-4-12)5-7-23-8-6-14-16(27)18(29)20(31)19(30)17(14)28/h1-4,10,23,27-31H,5-9H2,(H2,22,25)(H,24,26). The van der Waals surface area contributed by atoms with Crippen LogP contribution in [0.5, 0.6) is 28.7 Å². The van der Waals surface area contributed by atoms with Crippen LogP contribution in [-0.4, -0.2) is 49.5 Å². The summed E-state index contributed by atoms with van der Waals surface area (Å²) >= 11 is 1.29. The van der Waals surface area contributed by atoms with Crippen LogP contribution in [0.3, 0.4) is 0 Å². The highest BCUT2D eigenvalue weighted by molar-refractivity contribution is 7.13. The number of benzene rings is 2. The Balaban J connectivity index is 1.43. The molecule has 1 heterocycles. The molecule has 11 heteroatoms. The van der Waals surface area contributed by atoms with E-state index in [2.05, 4.69) is 15.6 Å². The van der Waals surface area contributed by atoms with Crippen LogP contribution in [0.2, 0.25) is 0 Å². The number of rotatable bonds is 9. The maximum Gasteiger partial charge on any atom is 0.230 e. The van der Waals surface area contributed by atoms with Crippen LogP contribution < -0.4 is 16.4 Å². The van der Waals surface area contributed by atoms with E-state index in [0.29, 0.717) is 36.0 Å². The summed E-state index contributed by atoms with van der Waals surface area (Å²) in [5, 5.41) is 56.3. The maximum atomic E-state index is 12.1. The van der Waals surface area contributed by atoms with Crippen LogP contribution in [0.4, 0.5) is 10.8 Å². The zero-order chi connectivity index (χ0) is 23.3. The molecule has 1 amide bonds. The average Bonchev–Trinajstić information content (AvgIpc) is 3.18. The van der Waals surface area contributed by atoms with E-state index in [1.165, 1.54) is 11.3 Å². The van der Waals surface area contributed by atoms with Crippen molar-refractivity contribution < 1.29 is 30.3 Å². The number of nitrogens with two attached hydrogens (primary N) is 1. The Morgan fingerprint density at radius 2 is 1.50 bits per heavy atom. The molecule has 0 atom stereocenters. The summed E-state index contributed by atoms with van der Waals surface area (Å²) in [6.07, 6.45) is 0.964. The second-order valence-electron chi connectivity index (χ2n) is 7.07. The third kappa shape index (κ3) is 5.50. The molecule has 0 aliphatic heterocycles. The normalized spacial score (nSPS) is 10.9. The highest BCUT2D eigenvalue weighted by Gasteiger charge is 2.22. The lowest BCUT2D eigenvalue weighted by Crippen LogP contribution is -2.20. The second kappa shape index (κ2) is 10.1. The summed E-state index contributed by atoms with van der Waals surface area (Å²) in [6, 6.07) is 7.40.